The van der Waals surface area contributed by atoms with Gasteiger partial charge in [0.15, 0.2) is 0 Å². The maximum Gasteiger partial charge on any atom is 0.417 e. The van der Waals surface area contributed by atoms with E-state index in [2.05, 4.69) is 4.74 Å². The second kappa shape index (κ2) is 5.34. The number of esters is 1. The highest BCUT2D eigenvalue weighted by Gasteiger charge is 2.44. The molecule has 0 bridgehead atoms. The Hall–Kier alpha value is -1.73. The number of hydrogen-bond acceptors (Lipinski definition) is 2. The maximum absolute atomic E-state index is 12.7. The van der Waals surface area contributed by atoms with Crippen LogP contribution in [0, 0.1) is 6.92 Å². The van der Waals surface area contributed by atoms with Gasteiger partial charge in [0.2, 0.25) is 0 Å². The van der Waals surface area contributed by atoms with Gasteiger partial charge in [0.05, 0.1) is 23.3 Å². The van der Waals surface area contributed by atoms with Gasteiger partial charge in [-0.3, -0.25) is 0 Å². The summed E-state index contributed by atoms with van der Waals surface area (Å²) in [5.41, 5.74) is -4.94. The van der Waals surface area contributed by atoms with Gasteiger partial charge < -0.3 is 4.74 Å². The van der Waals surface area contributed by atoms with Crippen molar-refractivity contribution < 1.29 is 35.9 Å². The summed E-state index contributed by atoms with van der Waals surface area (Å²) in [5.74, 6) is -1.10. The summed E-state index contributed by atoms with van der Waals surface area (Å²) >= 11 is 0. The summed E-state index contributed by atoms with van der Waals surface area (Å²) in [6, 6.07) is 0.893. The van der Waals surface area contributed by atoms with Crippen LogP contribution in [0.3, 0.4) is 0 Å². The van der Waals surface area contributed by atoms with Crippen LogP contribution in [0.4, 0.5) is 26.3 Å². The van der Waals surface area contributed by atoms with Gasteiger partial charge in [-0.1, -0.05) is 0 Å². The smallest absolute Gasteiger partial charge is 0.417 e. The zero-order valence-corrected chi connectivity index (χ0v) is 10.4. The Bertz CT molecular complexity index is 516. The highest BCUT2D eigenvalue weighted by atomic mass is 19.4. The molecule has 0 aliphatic carbocycles. The molecule has 2 nitrogen and oxygen atoms in total. The van der Waals surface area contributed by atoms with E-state index in [0.717, 1.165) is 13.0 Å². The summed E-state index contributed by atoms with van der Waals surface area (Å²) in [4.78, 5) is 11.4. The minimum Gasteiger partial charge on any atom is -0.462 e. The summed E-state index contributed by atoms with van der Waals surface area (Å²) in [5, 5.41) is 0. The Morgan fingerprint density at radius 3 is 2.05 bits per heavy atom. The van der Waals surface area contributed by atoms with Gasteiger partial charge >= 0.3 is 18.3 Å². The molecule has 0 amide bonds. The van der Waals surface area contributed by atoms with Crippen molar-refractivity contribution >= 4 is 5.97 Å². The van der Waals surface area contributed by atoms with Crippen LogP contribution in [-0.4, -0.2) is 12.6 Å². The Balaban J connectivity index is 3.54. The van der Waals surface area contributed by atoms with E-state index >= 15 is 0 Å². The maximum atomic E-state index is 12.7. The van der Waals surface area contributed by atoms with Crippen LogP contribution in [0.1, 0.15) is 34.0 Å². The van der Waals surface area contributed by atoms with Crippen molar-refractivity contribution in [1.29, 1.82) is 0 Å². The Kier molecular flexibility index (Phi) is 4.36. The van der Waals surface area contributed by atoms with E-state index in [-0.39, 0.29) is 12.7 Å². The van der Waals surface area contributed by atoms with Gasteiger partial charge in [-0.2, -0.15) is 26.3 Å². The van der Waals surface area contributed by atoms with Crippen LogP contribution in [-0.2, 0) is 17.1 Å². The molecule has 0 aromatic heterocycles. The van der Waals surface area contributed by atoms with Crippen molar-refractivity contribution in [1.82, 2.24) is 0 Å². The van der Waals surface area contributed by atoms with Crippen molar-refractivity contribution in [3.63, 3.8) is 0 Å². The number of hydrogen-bond donors (Lipinski definition) is 0. The first kappa shape index (κ1) is 16.3. The van der Waals surface area contributed by atoms with Crippen LogP contribution in [0.15, 0.2) is 12.1 Å². The van der Waals surface area contributed by atoms with Crippen LogP contribution >= 0.6 is 0 Å². The predicted octanol–water partition coefficient (Wildman–Crippen LogP) is 4.21. The summed E-state index contributed by atoms with van der Waals surface area (Å²) in [6.45, 7) is 2.19. The fraction of sp³-hybridized carbons (Fsp3) is 0.417. The quantitative estimate of drug-likeness (QED) is 0.604. The number of ether oxygens (including phenoxy) is 1. The normalized spacial score (nSPS) is 12.4. The molecule has 0 aliphatic rings. The minimum absolute atomic E-state index is 0.0970. The number of halogens is 6. The van der Waals surface area contributed by atoms with E-state index in [4.69, 9.17) is 0 Å². The fourth-order valence-electron chi connectivity index (χ4n) is 1.72. The molecule has 1 aromatic rings. The molecular formula is C12H10F6O2. The van der Waals surface area contributed by atoms with Gasteiger partial charge in [-0.05, 0) is 31.5 Å². The second-order valence-electron chi connectivity index (χ2n) is 3.93. The lowest BCUT2D eigenvalue weighted by atomic mass is 9.97. The lowest BCUT2D eigenvalue weighted by molar-refractivity contribution is -0.162. The number of rotatable bonds is 2. The molecule has 0 saturated carbocycles. The van der Waals surface area contributed by atoms with Gasteiger partial charge in [0, 0.05) is 0 Å². The SMILES string of the molecule is CCOC(=O)c1cc(C)c(C(F)(F)F)c(C(F)(F)F)c1. The number of benzene rings is 1. The van der Waals surface area contributed by atoms with Crippen LogP contribution < -0.4 is 0 Å². The minimum atomic E-state index is -5.22. The monoisotopic (exact) mass is 300 g/mol. The highest BCUT2D eigenvalue weighted by molar-refractivity contribution is 5.90. The molecule has 20 heavy (non-hydrogen) atoms. The third-order valence-electron chi connectivity index (χ3n) is 2.44. The van der Waals surface area contributed by atoms with Gasteiger partial charge in [0.25, 0.3) is 0 Å². The molecule has 0 heterocycles. The molecule has 0 fully saturated rings. The van der Waals surface area contributed by atoms with Crippen molar-refractivity contribution in [2.45, 2.75) is 26.2 Å². The molecule has 8 heteroatoms. The molecular weight excluding hydrogens is 290 g/mol. The fourth-order valence-corrected chi connectivity index (χ4v) is 1.72. The van der Waals surface area contributed by atoms with E-state index in [1.54, 1.807) is 0 Å². The van der Waals surface area contributed by atoms with Crippen molar-refractivity contribution in [2.24, 2.45) is 0 Å². The van der Waals surface area contributed by atoms with E-state index in [1.807, 2.05) is 0 Å². The predicted molar refractivity (Wildman–Crippen MR) is 57.1 cm³/mol. The third-order valence-corrected chi connectivity index (χ3v) is 2.44. The first-order chi connectivity index (χ1) is 8.98. The average Bonchev–Trinajstić information content (AvgIpc) is 2.25. The molecule has 1 rings (SSSR count). The van der Waals surface area contributed by atoms with E-state index < -0.39 is 40.6 Å². The largest absolute Gasteiger partial charge is 0.462 e. The molecule has 0 spiro atoms. The molecule has 112 valence electrons. The summed E-state index contributed by atoms with van der Waals surface area (Å²) in [6.07, 6.45) is -10.4. The molecule has 0 aliphatic heterocycles. The van der Waals surface area contributed by atoms with Crippen LogP contribution in [0.5, 0.6) is 0 Å². The number of alkyl halides is 6. The molecule has 0 saturated heterocycles. The molecule has 0 radical (unpaired) electrons. The topological polar surface area (TPSA) is 26.3 Å². The Labute approximate surface area is 110 Å². The standard InChI is InChI=1S/C12H10F6O2/c1-3-20-10(19)7-4-6(2)9(12(16,17)18)8(5-7)11(13,14)15/h4-5H,3H2,1-2H3. The number of carbonyl (C=O) groups excluding carboxylic acids is 1. The van der Waals surface area contributed by atoms with E-state index in [0.29, 0.717) is 0 Å². The van der Waals surface area contributed by atoms with Crippen molar-refractivity contribution in [3.8, 4) is 0 Å². The lowest BCUT2D eigenvalue weighted by Crippen LogP contribution is -2.20. The number of aryl methyl sites for hydroxylation is 1. The summed E-state index contributed by atoms with van der Waals surface area (Å²) < 4.78 is 80.8. The Morgan fingerprint density at radius 2 is 1.65 bits per heavy atom. The first-order valence-electron chi connectivity index (χ1n) is 5.44. The van der Waals surface area contributed by atoms with Gasteiger partial charge in [-0.15, -0.1) is 0 Å². The highest BCUT2D eigenvalue weighted by Crippen LogP contribution is 2.42. The second-order valence-corrected chi connectivity index (χ2v) is 3.93. The van der Waals surface area contributed by atoms with Crippen molar-refractivity contribution in [3.05, 3.63) is 34.4 Å². The molecule has 1 aromatic carbocycles. The van der Waals surface area contributed by atoms with Crippen LogP contribution in [0.2, 0.25) is 0 Å². The number of carbonyl (C=O) groups is 1. The average molecular weight is 300 g/mol. The zero-order valence-electron chi connectivity index (χ0n) is 10.4. The molecule has 0 unspecified atom stereocenters. The van der Waals surface area contributed by atoms with Gasteiger partial charge in [-0.25, -0.2) is 4.79 Å². The van der Waals surface area contributed by atoms with Crippen molar-refractivity contribution in [2.75, 3.05) is 6.61 Å². The Morgan fingerprint density at radius 1 is 1.10 bits per heavy atom. The third kappa shape index (κ3) is 3.43. The lowest BCUT2D eigenvalue weighted by Gasteiger charge is -2.18. The molecule has 0 atom stereocenters. The molecule has 0 N–H and O–H groups in total. The van der Waals surface area contributed by atoms with Crippen LogP contribution in [0.25, 0.3) is 0 Å². The van der Waals surface area contributed by atoms with E-state index in [1.165, 1.54) is 6.92 Å². The van der Waals surface area contributed by atoms with Gasteiger partial charge in [0.1, 0.15) is 0 Å². The summed E-state index contributed by atoms with van der Waals surface area (Å²) in [7, 11) is 0. The first-order valence-corrected chi connectivity index (χ1v) is 5.44. The zero-order chi connectivity index (χ0) is 15.7. The van der Waals surface area contributed by atoms with E-state index in [9.17, 15) is 31.1 Å².